The molecule has 0 aliphatic carbocycles. The first-order valence-electron chi connectivity index (χ1n) is 3.32. The molecule has 0 radical (unpaired) electrons. The van der Waals surface area contributed by atoms with Crippen molar-refractivity contribution in [3.8, 4) is 0 Å². The molecular weight excluding hydrogens is 184 g/mol. The van der Waals surface area contributed by atoms with Crippen molar-refractivity contribution in [2.45, 2.75) is 11.8 Å². The molecule has 0 heterocycles. The lowest BCUT2D eigenvalue weighted by molar-refractivity contribution is -0.136. The van der Waals surface area contributed by atoms with Crippen LogP contribution < -0.4 is 11.5 Å². The summed E-state index contributed by atoms with van der Waals surface area (Å²) in [7, 11) is -3.72. The molecule has 0 bridgehead atoms. The third kappa shape index (κ3) is 3.16. The van der Waals surface area contributed by atoms with E-state index in [9.17, 15) is 13.2 Å². The first-order valence-corrected chi connectivity index (χ1v) is 5.03. The normalized spacial score (nSPS) is 14.2. The molecule has 1 atom stereocenters. The molecule has 12 heavy (non-hydrogen) atoms. The first-order chi connectivity index (χ1) is 5.41. The van der Waals surface area contributed by atoms with Crippen LogP contribution in [0.4, 0.5) is 0 Å². The van der Waals surface area contributed by atoms with E-state index < -0.39 is 21.2 Å². The zero-order valence-corrected chi connectivity index (χ0v) is 7.25. The van der Waals surface area contributed by atoms with E-state index in [2.05, 4.69) is 0 Å². The number of nitrogens with two attached hydrogens (primary N) is 2. The van der Waals surface area contributed by atoms with Crippen LogP contribution >= 0.6 is 0 Å². The molecule has 0 rings (SSSR count). The number of sulfone groups is 1. The number of carboxylic acid groups (broad SMARTS) is 1. The summed E-state index contributed by atoms with van der Waals surface area (Å²) < 4.78 is 21.9. The standard InChI is InChI=1S/C5H12N2O4S/c6-2-1-3-12(10,11)4(7)5(8)9/h4H,1-3,6-7H2,(H,8,9). The molecule has 0 aliphatic heterocycles. The summed E-state index contributed by atoms with van der Waals surface area (Å²) in [5, 5.41) is 6.45. The summed E-state index contributed by atoms with van der Waals surface area (Å²) in [6.45, 7) is 0.200. The molecular formula is C5H12N2O4S. The van der Waals surface area contributed by atoms with Crippen molar-refractivity contribution in [3.05, 3.63) is 0 Å². The molecule has 72 valence electrons. The van der Waals surface area contributed by atoms with Gasteiger partial charge in [-0.1, -0.05) is 0 Å². The van der Waals surface area contributed by atoms with Crippen molar-refractivity contribution in [2.24, 2.45) is 11.5 Å². The maximum absolute atomic E-state index is 11.0. The van der Waals surface area contributed by atoms with Gasteiger partial charge in [0.15, 0.2) is 9.84 Å². The molecule has 0 aromatic rings. The predicted molar refractivity (Wildman–Crippen MR) is 43.1 cm³/mol. The highest BCUT2D eigenvalue weighted by molar-refractivity contribution is 7.92. The van der Waals surface area contributed by atoms with Gasteiger partial charge < -0.3 is 16.6 Å². The maximum atomic E-state index is 11.0. The molecule has 0 aromatic heterocycles. The Kier molecular flexibility index (Phi) is 4.15. The summed E-state index contributed by atoms with van der Waals surface area (Å²) in [4.78, 5) is 10.2. The highest BCUT2D eigenvalue weighted by Crippen LogP contribution is 1.98. The monoisotopic (exact) mass is 196 g/mol. The largest absolute Gasteiger partial charge is 0.479 e. The first kappa shape index (κ1) is 11.3. The fraction of sp³-hybridized carbons (Fsp3) is 0.800. The highest BCUT2D eigenvalue weighted by atomic mass is 32.2. The van der Waals surface area contributed by atoms with Crippen LogP contribution in [0.2, 0.25) is 0 Å². The molecule has 0 saturated carbocycles. The second-order valence-electron chi connectivity index (χ2n) is 2.27. The highest BCUT2D eigenvalue weighted by Gasteiger charge is 2.27. The topological polar surface area (TPSA) is 123 Å². The minimum absolute atomic E-state index is 0.200. The van der Waals surface area contributed by atoms with E-state index in [0.29, 0.717) is 0 Å². The Morgan fingerprint density at radius 2 is 2.00 bits per heavy atom. The van der Waals surface area contributed by atoms with Crippen LogP contribution in [0.1, 0.15) is 6.42 Å². The van der Waals surface area contributed by atoms with Crippen LogP contribution in [0.5, 0.6) is 0 Å². The van der Waals surface area contributed by atoms with Crippen molar-refractivity contribution in [2.75, 3.05) is 12.3 Å². The average molecular weight is 196 g/mol. The molecule has 6 nitrogen and oxygen atoms in total. The molecule has 0 saturated heterocycles. The van der Waals surface area contributed by atoms with E-state index in [1.165, 1.54) is 0 Å². The van der Waals surface area contributed by atoms with E-state index in [-0.39, 0.29) is 18.7 Å². The third-order valence-corrected chi connectivity index (χ3v) is 3.10. The fourth-order valence-corrected chi connectivity index (χ4v) is 1.70. The summed E-state index contributed by atoms with van der Waals surface area (Å²) in [6.07, 6.45) is 0.226. The lowest BCUT2D eigenvalue weighted by Crippen LogP contribution is -2.40. The minimum atomic E-state index is -3.72. The molecule has 0 aliphatic rings. The van der Waals surface area contributed by atoms with Gasteiger partial charge >= 0.3 is 5.97 Å². The molecule has 1 unspecified atom stereocenters. The smallest absolute Gasteiger partial charge is 0.336 e. The quantitative estimate of drug-likeness (QED) is 0.472. The van der Waals surface area contributed by atoms with E-state index in [1.807, 2.05) is 0 Å². The lowest BCUT2D eigenvalue weighted by atomic mass is 10.5. The van der Waals surface area contributed by atoms with Gasteiger partial charge in [0.05, 0.1) is 5.75 Å². The van der Waals surface area contributed by atoms with Gasteiger partial charge in [-0.05, 0) is 13.0 Å². The van der Waals surface area contributed by atoms with Gasteiger partial charge in [0, 0.05) is 0 Å². The Labute approximate surface area is 70.5 Å². The van der Waals surface area contributed by atoms with Crippen molar-refractivity contribution in [3.63, 3.8) is 0 Å². The average Bonchev–Trinajstić information content (AvgIpc) is 1.99. The summed E-state index contributed by atoms with van der Waals surface area (Å²) in [6, 6.07) is 0. The molecule has 0 spiro atoms. The van der Waals surface area contributed by atoms with Crippen LogP contribution in [0, 0.1) is 0 Å². The lowest BCUT2D eigenvalue weighted by Gasteiger charge is -2.06. The Balaban J connectivity index is 4.31. The summed E-state index contributed by atoms with van der Waals surface area (Å²) >= 11 is 0. The number of hydrogen-bond acceptors (Lipinski definition) is 5. The Hall–Kier alpha value is -0.660. The Morgan fingerprint density at radius 1 is 1.50 bits per heavy atom. The van der Waals surface area contributed by atoms with Gasteiger partial charge in [0.1, 0.15) is 0 Å². The van der Waals surface area contributed by atoms with Gasteiger partial charge in [-0.25, -0.2) is 13.2 Å². The van der Waals surface area contributed by atoms with Gasteiger partial charge in [-0.2, -0.15) is 0 Å². The van der Waals surface area contributed by atoms with E-state index in [1.54, 1.807) is 0 Å². The second kappa shape index (κ2) is 4.39. The van der Waals surface area contributed by atoms with Gasteiger partial charge in [0.25, 0.3) is 0 Å². The fourth-order valence-electron chi connectivity index (χ4n) is 0.565. The number of hydrogen-bond donors (Lipinski definition) is 3. The number of rotatable bonds is 5. The van der Waals surface area contributed by atoms with Crippen LogP contribution in [-0.4, -0.2) is 37.2 Å². The minimum Gasteiger partial charge on any atom is -0.479 e. The molecule has 0 fully saturated rings. The van der Waals surface area contributed by atoms with Gasteiger partial charge in [-0.3, -0.25) is 0 Å². The summed E-state index contributed by atoms with van der Waals surface area (Å²) in [5.74, 6) is -1.82. The maximum Gasteiger partial charge on any atom is 0.336 e. The van der Waals surface area contributed by atoms with Crippen LogP contribution in [0.25, 0.3) is 0 Å². The van der Waals surface area contributed by atoms with E-state index in [4.69, 9.17) is 16.6 Å². The number of aliphatic carboxylic acids is 1. The molecule has 5 N–H and O–H groups in total. The van der Waals surface area contributed by atoms with Gasteiger partial charge in [-0.15, -0.1) is 0 Å². The van der Waals surface area contributed by atoms with Crippen molar-refractivity contribution >= 4 is 15.8 Å². The Morgan fingerprint density at radius 3 is 2.33 bits per heavy atom. The molecule has 7 heteroatoms. The summed E-state index contributed by atoms with van der Waals surface area (Å²) in [5.41, 5.74) is 9.97. The van der Waals surface area contributed by atoms with Gasteiger partial charge in [0.2, 0.25) is 5.37 Å². The molecule has 0 amide bonds. The number of carbonyl (C=O) groups is 1. The van der Waals surface area contributed by atoms with Crippen molar-refractivity contribution in [1.29, 1.82) is 0 Å². The van der Waals surface area contributed by atoms with Crippen molar-refractivity contribution in [1.82, 2.24) is 0 Å². The Bertz CT molecular complexity index is 248. The number of carboxylic acids is 1. The zero-order chi connectivity index (χ0) is 9.78. The van der Waals surface area contributed by atoms with E-state index in [0.717, 1.165) is 0 Å². The van der Waals surface area contributed by atoms with Crippen LogP contribution in [-0.2, 0) is 14.6 Å². The van der Waals surface area contributed by atoms with Crippen LogP contribution in [0.3, 0.4) is 0 Å². The van der Waals surface area contributed by atoms with Crippen molar-refractivity contribution < 1.29 is 18.3 Å². The zero-order valence-electron chi connectivity index (χ0n) is 6.43. The second-order valence-corrected chi connectivity index (χ2v) is 4.51. The predicted octanol–water partition coefficient (Wildman–Crippen LogP) is -1.88. The SMILES string of the molecule is NCCCS(=O)(=O)C(N)C(=O)O. The third-order valence-electron chi connectivity index (χ3n) is 1.26. The van der Waals surface area contributed by atoms with E-state index >= 15 is 0 Å². The van der Waals surface area contributed by atoms with Crippen LogP contribution in [0.15, 0.2) is 0 Å². The molecule has 0 aromatic carbocycles.